The van der Waals surface area contributed by atoms with Crippen LogP contribution in [0.1, 0.15) is 22.8 Å². The number of carbonyl (C=O) groups is 1. The summed E-state index contributed by atoms with van der Waals surface area (Å²) >= 11 is 5.96. The van der Waals surface area contributed by atoms with Crippen molar-refractivity contribution >= 4 is 17.5 Å². The molecular formula is C18H13ClF3N3O2. The van der Waals surface area contributed by atoms with Gasteiger partial charge < -0.3 is 9.64 Å². The van der Waals surface area contributed by atoms with E-state index in [9.17, 15) is 18.0 Å². The maximum Gasteiger partial charge on any atom is 0.282 e. The SMILES string of the molecule is CCOc1cc(-c2c(F)cc(C#N)cc2C(=O)N2CC(F)(F)C2)cc(Cl)n1. The summed E-state index contributed by atoms with van der Waals surface area (Å²) in [5, 5.41) is 9.08. The first-order chi connectivity index (χ1) is 12.7. The first-order valence-corrected chi connectivity index (χ1v) is 8.33. The fraction of sp³-hybridized carbons (Fsp3) is 0.278. The zero-order valence-corrected chi connectivity index (χ0v) is 14.9. The van der Waals surface area contributed by atoms with Crippen LogP contribution in [0, 0.1) is 17.1 Å². The number of benzene rings is 1. The van der Waals surface area contributed by atoms with Crippen molar-refractivity contribution in [1.82, 2.24) is 9.88 Å². The number of aromatic nitrogens is 1. The third-order valence-corrected chi connectivity index (χ3v) is 4.13. The summed E-state index contributed by atoms with van der Waals surface area (Å²) in [6.45, 7) is 0.497. The molecule has 5 nitrogen and oxygen atoms in total. The Bertz CT molecular complexity index is 952. The third-order valence-electron chi connectivity index (χ3n) is 3.93. The van der Waals surface area contributed by atoms with E-state index in [0.717, 1.165) is 11.0 Å². The zero-order chi connectivity index (χ0) is 19.8. The fourth-order valence-electron chi connectivity index (χ4n) is 2.80. The summed E-state index contributed by atoms with van der Waals surface area (Å²) in [5.74, 6) is -4.49. The van der Waals surface area contributed by atoms with Gasteiger partial charge in [0.15, 0.2) is 0 Å². The van der Waals surface area contributed by atoms with E-state index in [2.05, 4.69) is 4.98 Å². The topological polar surface area (TPSA) is 66.2 Å². The molecule has 0 unspecified atom stereocenters. The van der Waals surface area contributed by atoms with E-state index >= 15 is 0 Å². The lowest BCUT2D eigenvalue weighted by molar-refractivity contribution is -0.113. The maximum absolute atomic E-state index is 14.8. The van der Waals surface area contributed by atoms with Gasteiger partial charge >= 0.3 is 0 Å². The van der Waals surface area contributed by atoms with E-state index in [4.69, 9.17) is 21.6 Å². The Morgan fingerprint density at radius 2 is 2.07 bits per heavy atom. The number of likely N-dealkylation sites (tertiary alicyclic amines) is 1. The Balaban J connectivity index is 2.13. The number of hydrogen-bond acceptors (Lipinski definition) is 4. The summed E-state index contributed by atoms with van der Waals surface area (Å²) in [7, 11) is 0. The fourth-order valence-corrected chi connectivity index (χ4v) is 3.00. The molecule has 1 fully saturated rings. The minimum absolute atomic E-state index is 0.00796. The van der Waals surface area contributed by atoms with Gasteiger partial charge in [-0.3, -0.25) is 4.79 Å². The van der Waals surface area contributed by atoms with Crippen molar-refractivity contribution in [3.05, 3.63) is 46.4 Å². The van der Waals surface area contributed by atoms with E-state index in [1.54, 1.807) is 13.0 Å². The predicted molar refractivity (Wildman–Crippen MR) is 91.4 cm³/mol. The molecule has 0 N–H and O–H groups in total. The van der Waals surface area contributed by atoms with Crippen molar-refractivity contribution in [2.75, 3.05) is 19.7 Å². The van der Waals surface area contributed by atoms with E-state index in [-0.39, 0.29) is 39.9 Å². The Hall–Kier alpha value is -2.79. The third kappa shape index (κ3) is 3.83. The van der Waals surface area contributed by atoms with Crippen molar-refractivity contribution in [3.63, 3.8) is 0 Å². The number of pyridine rings is 1. The lowest BCUT2D eigenvalue weighted by Gasteiger charge is -2.39. The van der Waals surface area contributed by atoms with Gasteiger partial charge in [-0.25, -0.2) is 18.2 Å². The minimum Gasteiger partial charge on any atom is -0.478 e. The second-order valence-electron chi connectivity index (χ2n) is 5.96. The molecule has 0 atom stereocenters. The molecule has 1 aromatic carbocycles. The molecule has 1 aromatic heterocycles. The van der Waals surface area contributed by atoms with Crippen LogP contribution in [0.4, 0.5) is 13.2 Å². The number of alkyl halides is 2. The van der Waals surface area contributed by atoms with Gasteiger partial charge in [0.1, 0.15) is 11.0 Å². The van der Waals surface area contributed by atoms with E-state index in [1.165, 1.54) is 18.2 Å². The molecule has 1 aliphatic heterocycles. The first kappa shape index (κ1) is 19.0. The van der Waals surface area contributed by atoms with E-state index < -0.39 is 30.7 Å². The molecule has 0 radical (unpaired) electrons. The standard InChI is InChI=1S/C18H13ClF3N3O2/c1-2-27-15-6-11(5-14(19)24-15)16-12(3-10(7-23)4-13(16)20)17(26)25-8-18(21,22)9-25/h3-6H,2,8-9H2,1H3. The molecule has 0 spiro atoms. The number of nitrogens with zero attached hydrogens (tertiary/aromatic N) is 3. The lowest BCUT2D eigenvalue weighted by Crippen LogP contribution is -2.58. The summed E-state index contributed by atoms with van der Waals surface area (Å²) < 4.78 is 46.3. The van der Waals surface area contributed by atoms with Crippen LogP contribution >= 0.6 is 11.6 Å². The molecule has 27 heavy (non-hydrogen) atoms. The van der Waals surface area contributed by atoms with Gasteiger partial charge in [-0.15, -0.1) is 0 Å². The second-order valence-corrected chi connectivity index (χ2v) is 6.35. The number of halogens is 4. The van der Waals surface area contributed by atoms with E-state index in [1.807, 2.05) is 0 Å². The number of ether oxygens (including phenoxy) is 1. The van der Waals surface area contributed by atoms with Crippen molar-refractivity contribution in [3.8, 4) is 23.1 Å². The van der Waals surface area contributed by atoms with Crippen molar-refractivity contribution in [1.29, 1.82) is 5.26 Å². The largest absolute Gasteiger partial charge is 0.478 e. The Morgan fingerprint density at radius 1 is 1.37 bits per heavy atom. The highest BCUT2D eigenvalue weighted by Gasteiger charge is 2.47. The van der Waals surface area contributed by atoms with Gasteiger partial charge in [-0.1, -0.05) is 11.6 Å². The van der Waals surface area contributed by atoms with Gasteiger partial charge in [0.05, 0.1) is 36.9 Å². The van der Waals surface area contributed by atoms with Crippen LogP contribution in [-0.2, 0) is 0 Å². The van der Waals surface area contributed by atoms with Crippen molar-refractivity contribution in [2.45, 2.75) is 12.8 Å². The quantitative estimate of drug-likeness (QED) is 0.736. The van der Waals surface area contributed by atoms with Crippen LogP contribution in [0.2, 0.25) is 5.15 Å². The van der Waals surface area contributed by atoms with Crippen molar-refractivity contribution in [2.24, 2.45) is 0 Å². The van der Waals surface area contributed by atoms with Crippen LogP contribution in [0.5, 0.6) is 5.88 Å². The second kappa shape index (κ2) is 7.08. The molecular weight excluding hydrogens is 383 g/mol. The van der Waals surface area contributed by atoms with Crippen molar-refractivity contribution < 1.29 is 22.7 Å². The molecule has 1 saturated heterocycles. The summed E-state index contributed by atoms with van der Waals surface area (Å²) in [6, 6.07) is 6.61. The number of hydrogen-bond donors (Lipinski definition) is 0. The molecule has 1 amide bonds. The normalized spacial score (nSPS) is 15.0. The molecule has 2 heterocycles. The summed E-state index contributed by atoms with van der Waals surface area (Å²) in [5.41, 5.74) is -0.264. The average Bonchev–Trinajstić information content (AvgIpc) is 2.57. The number of nitriles is 1. The van der Waals surface area contributed by atoms with Gasteiger partial charge in [0.25, 0.3) is 11.8 Å². The Labute approximate surface area is 157 Å². The van der Waals surface area contributed by atoms with Gasteiger partial charge in [0, 0.05) is 11.6 Å². The molecule has 140 valence electrons. The van der Waals surface area contributed by atoms with Gasteiger partial charge in [0.2, 0.25) is 5.88 Å². The molecule has 9 heteroatoms. The summed E-state index contributed by atoms with van der Waals surface area (Å²) in [4.78, 5) is 17.5. The zero-order valence-electron chi connectivity index (χ0n) is 14.1. The Morgan fingerprint density at radius 3 is 2.67 bits per heavy atom. The first-order valence-electron chi connectivity index (χ1n) is 7.95. The van der Waals surface area contributed by atoms with Crippen LogP contribution in [0.25, 0.3) is 11.1 Å². The molecule has 0 bridgehead atoms. The molecule has 0 aliphatic carbocycles. The lowest BCUT2D eigenvalue weighted by atomic mass is 9.95. The van der Waals surface area contributed by atoms with Gasteiger partial charge in [-0.05, 0) is 30.7 Å². The number of amides is 1. The highest BCUT2D eigenvalue weighted by Crippen LogP contribution is 2.35. The smallest absolute Gasteiger partial charge is 0.282 e. The average molecular weight is 396 g/mol. The summed E-state index contributed by atoms with van der Waals surface area (Å²) in [6.07, 6.45) is 0. The minimum atomic E-state index is -2.97. The maximum atomic E-state index is 14.8. The van der Waals surface area contributed by atoms with Crippen LogP contribution in [0.3, 0.4) is 0 Å². The number of rotatable bonds is 4. The Kier molecular flexibility index (Phi) is 4.98. The molecule has 2 aromatic rings. The highest BCUT2D eigenvalue weighted by atomic mass is 35.5. The highest BCUT2D eigenvalue weighted by molar-refractivity contribution is 6.29. The molecule has 3 rings (SSSR count). The van der Waals surface area contributed by atoms with Gasteiger partial charge in [-0.2, -0.15) is 5.26 Å². The van der Waals surface area contributed by atoms with Crippen LogP contribution < -0.4 is 4.74 Å². The monoisotopic (exact) mass is 395 g/mol. The molecule has 0 saturated carbocycles. The molecule has 1 aliphatic rings. The number of carbonyl (C=O) groups excluding carboxylic acids is 1. The predicted octanol–water partition coefficient (Wildman–Crippen LogP) is 3.90. The van der Waals surface area contributed by atoms with Crippen LogP contribution in [-0.4, -0.2) is 41.4 Å². The van der Waals surface area contributed by atoms with Crippen LogP contribution in [0.15, 0.2) is 24.3 Å². The van der Waals surface area contributed by atoms with E-state index in [0.29, 0.717) is 0 Å².